The summed E-state index contributed by atoms with van der Waals surface area (Å²) in [6.45, 7) is 5.91. The topological polar surface area (TPSA) is 86.8 Å². The van der Waals surface area contributed by atoms with Crippen molar-refractivity contribution in [1.29, 1.82) is 0 Å². The Hall–Kier alpha value is -2.21. The molecular formula is C25H29Cl3F3N3O4S. The van der Waals surface area contributed by atoms with Crippen LogP contribution in [0.2, 0.25) is 15.1 Å². The SMILES string of the molecule is CC[C@H](C(=O)NC(C)(C)C)N(Cc1ccc(Cl)c(Cl)c1)C(=O)CN(c1ccc(Cl)c(C(F)(F)F)c1)S(C)(=O)=O. The molecule has 2 aromatic rings. The number of amides is 2. The first-order valence-electron chi connectivity index (χ1n) is 11.6. The van der Waals surface area contributed by atoms with Crippen molar-refractivity contribution in [3.05, 3.63) is 62.6 Å². The van der Waals surface area contributed by atoms with Crippen molar-refractivity contribution in [2.75, 3.05) is 17.1 Å². The maximum Gasteiger partial charge on any atom is 0.417 e. The zero-order valence-corrected chi connectivity index (χ0v) is 25.0. The molecular weight excluding hydrogens is 602 g/mol. The van der Waals surface area contributed by atoms with Gasteiger partial charge in [-0.3, -0.25) is 13.9 Å². The summed E-state index contributed by atoms with van der Waals surface area (Å²) in [6.07, 6.45) is -3.94. The Bertz CT molecular complexity index is 1330. The number of benzene rings is 2. The number of nitrogens with zero attached hydrogens (tertiary/aromatic N) is 2. The fourth-order valence-corrected chi connectivity index (χ4v) is 5.09. The number of halogens is 6. The van der Waals surface area contributed by atoms with Gasteiger partial charge in [-0.05, 0) is 63.1 Å². The lowest BCUT2D eigenvalue weighted by Gasteiger charge is -2.34. The van der Waals surface area contributed by atoms with Gasteiger partial charge >= 0.3 is 6.18 Å². The first-order valence-corrected chi connectivity index (χ1v) is 14.6. The number of sulfonamides is 1. The number of carbonyl (C=O) groups excluding carboxylic acids is 2. The summed E-state index contributed by atoms with van der Waals surface area (Å²) in [7, 11) is -4.25. The van der Waals surface area contributed by atoms with Gasteiger partial charge in [0.1, 0.15) is 12.6 Å². The molecule has 2 aromatic carbocycles. The number of alkyl halides is 3. The number of rotatable bonds is 9. The maximum atomic E-state index is 13.7. The number of hydrogen-bond donors (Lipinski definition) is 1. The highest BCUT2D eigenvalue weighted by Gasteiger charge is 2.36. The minimum absolute atomic E-state index is 0.155. The van der Waals surface area contributed by atoms with Crippen LogP contribution in [-0.2, 0) is 32.3 Å². The first kappa shape index (κ1) is 33.0. The van der Waals surface area contributed by atoms with Crippen molar-refractivity contribution in [3.8, 4) is 0 Å². The van der Waals surface area contributed by atoms with Crippen LogP contribution in [0.4, 0.5) is 18.9 Å². The third-order valence-electron chi connectivity index (χ3n) is 5.44. The van der Waals surface area contributed by atoms with Crippen LogP contribution in [0.5, 0.6) is 0 Å². The quantitative estimate of drug-likeness (QED) is 0.360. The van der Waals surface area contributed by atoms with Gasteiger partial charge in [-0.2, -0.15) is 13.2 Å². The highest BCUT2D eigenvalue weighted by atomic mass is 35.5. The minimum atomic E-state index is -4.86. The lowest BCUT2D eigenvalue weighted by atomic mass is 10.1. The molecule has 0 aliphatic rings. The van der Waals surface area contributed by atoms with Crippen molar-refractivity contribution >= 4 is 62.3 Å². The van der Waals surface area contributed by atoms with Crippen molar-refractivity contribution < 1.29 is 31.2 Å². The second-order valence-corrected chi connectivity index (χ2v) is 13.0. The molecule has 0 fully saturated rings. The van der Waals surface area contributed by atoms with Crippen molar-refractivity contribution in [2.45, 2.75) is 58.4 Å². The summed E-state index contributed by atoms with van der Waals surface area (Å²) in [6, 6.07) is 6.09. The highest BCUT2D eigenvalue weighted by molar-refractivity contribution is 7.92. The molecule has 2 amide bonds. The van der Waals surface area contributed by atoms with Crippen molar-refractivity contribution in [2.24, 2.45) is 0 Å². The van der Waals surface area contributed by atoms with Gasteiger partial charge in [0.15, 0.2) is 0 Å². The molecule has 1 atom stereocenters. The first-order chi connectivity index (χ1) is 17.7. The summed E-state index contributed by atoms with van der Waals surface area (Å²) in [5.41, 5.74) is -1.81. The molecule has 39 heavy (non-hydrogen) atoms. The summed E-state index contributed by atoms with van der Waals surface area (Å²) in [4.78, 5) is 28.0. The van der Waals surface area contributed by atoms with Gasteiger partial charge in [0, 0.05) is 12.1 Å². The van der Waals surface area contributed by atoms with E-state index in [4.69, 9.17) is 34.8 Å². The van der Waals surface area contributed by atoms with E-state index in [1.165, 1.54) is 17.0 Å². The fourth-order valence-electron chi connectivity index (χ4n) is 3.71. The summed E-state index contributed by atoms with van der Waals surface area (Å²) < 4.78 is 66.3. The van der Waals surface area contributed by atoms with Gasteiger partial charge in [-0.1, -0.05) is 47.8 Å². The van der Waals surface area contributed by atoms with E-state index in [0.717, 1.165) is 18.4 Å². The Balaban J connectivity index is 2.57. The van der Waals surface area contributed by atoms with E-state index in [9.17, 15) is 31.2 Å². The zero-order chi connectivity index (χ0) is 29.9. The van der Waals surface area contributed by atoms with Crippen molar-refractivity contribution in [1.82, 2.24) is 10.2 Å². The molecule has 14 heteroatoms. The smallest absolute Gasteiger partial charge is 0.350 e. The van der Waals surface area contributed by atoms with Crippen LogP contribution in [-0.4, -0.2) is 49.5 Å². The Morgan fingerprint density at radius 3 is 2.05 bits per heavy atom. The molecule has 1 N–H and O–H groups in total. The average Bonchev–Trinajstić information content (AvgIpc) is 2.77. The van der Waals surface area contributed by atoms with E-state index in [-0.39, 0.29) is 23.0 Å². The molecule has 0 aromatic heterocycles. The van der Waals surface area contributed by atoms with E-state index in [1.54, 1.807) is 33.8 Å². The molecule has 0 bridgehead atoms. The molecule has 2 rings (SSSR count). The zero-order valence-electron chi connectivity index (χ0n) is 21.9. The standard InChI is InChI=1S/C25H29Cl3F3N3O4S/c1-6-21(23(36)32-24(2,3)4)33(13-15-7-9-19(27)20(28)11-15)22(35)14-34(39(5,37)38)16-8-10-18(26)17(12-16)25(29,30)31/h7-12,21H,6,13-14H2,1-5H3,(H,32,36)/t21-/m1/s1. The monoisotopic (exact) mass is 629 g/mol. The lowest BCUT2D eigenvalue weighted by Crippen LogP contribution is -2.55. The molecule has 0 saturated carbocycles. The molecule has 216 valence electrons. The minimum Gasteiger partial charge on any atom is -0.350 e. The molecule has 0 radical (unpaired) electrons. The second-order valence-electron chi connectivity index (χ2n) is 9.86. The number of carbonyl (C=O) groups is 2. The number of hydrogen-bond acceptors (Lipinski definition) is 4. The van der Waals surface area contributed by atoms with Gasteiger partial charge in [0.25, 0.3) is 0 Å². The van der Waals surface area contributed by atoms with Gasteiger partial charge in [-0.15, -0.1) is 0 Å². The molecule has 0 heterocycles. The van der Waals surface area contributed by atoms with E-state index in [0.29, 0.717) is 15.9 Å². The molecule has 0 spiro atoms. The predicted molar refractivity (Wildman–Crippen MR) is 148 cm³/mol. The van der Waals surface area contributed by atoms with Crippen LogP contribution in [0.1, 0.15) is 45.2 Å². The highest BCUT2D eigenvalue weighted by Crippen LogP contribution is 2.37. The van der Waals surface area contributed by atoms with Crippen LogP contribution < -0.4 is 9.62 Å². The van der Waals surface area contributed by atoms with Gasteiger partial charge in [-0.25, -0.2) is 8.42 Å². The van der Waals surface area contributed by atoms with Gasteiger partial charge < -0.3 is 10.2 Å². The second kappa shape index (κ2) is 12.5. The summed E-state index contributed by atoms with van der Waals surface area (Å²) in [5, 5.41) is 2.65. The largest absolute Gasteiger partial charge is 0.417 e. The van der Waals surface area contributed by atoms with Gasteiger partial charge in [0.2, 0.25) is 21.8 Å². The average molecular weight is 631 g/mol. The van der Waals surface area contributed by atoms with E-state index >= 15 is 0 Å². The molecule has 0 aliphatic heterocycles. The van der Waals surface area contributed by atoms with Crippen LogP contribution in [0.3, 0.4) is 0 Å². The summed E-state index contributed by atoms with van der Waals surface area (Å²) in [5.74, 6) is -1.32. The molecule has 0 unspecified atom stereocenters. The lowest BCUT2D eigenvalue weighted by molar-refractivity contribution is -0.141. The molecule has 7 nitrogen and oxygen atoms in total. The van der Waals surface area contributed by atoms with Gasteiger partial charge in [0.05, 0.1) is 32.6 Å². The maximum absolute atomic E-state index is 13.7. The Morgan fingerprint density at radius 1 is 0.974 bits per heavy atom. The Kier molecular flexibility index (Phi) is 10.6. The van der Waals surface area contributed by atoms with E-state index in [2.05, 4.69) is 5.32 Å². The third-order valence-corrected chi connectivity index (χ3v) is 7.65. The van der Waals surface area contributed by atoms with Crippen LogP contribution in [0, 0.1) is 0 Å². The Labute approximate surface area is 241 Å². The number of anilines is 1. The van der Waals surface area contributed by atoms with E-state index < -0.39 is 62.4 Å². The third kappa shape index (κ3) is 9.16. The van der Waals surface area contributed by atoms with Crippen molar-refractivity contribution in [3.63, 3.8) is 0 Å². The van der Waals surface area contributed by atoms with Crippen LogP contribution in [0.25, 0.3) is 0 Å². The molecule has 0 aliphatic carbocycles. The Morgan fingerprint density at radius 2 is 1.56 bits per heavy atom. The van der Waals surface area contributed by atoms with E-state index in [1.807, 2.05) is 0 Å². The van der Waals surface area contributed by atoms with Crippen LogP contribution >= 0.6 is 34.8 Å². The molecule has 0 saturated heterocycles. The normalized spacial score (nSPS) is 13.1. The van der Waals surface area contributed by atoms with Crippen LogP contribution in [0.15, 0.2) is 36.4 Å². The predicted octanol–water partition coefficient (Wildman–Crippen LogP) is 6.15. The summed E-state index contributed by atoms with van der Waals surface area (Å²) >= 11 is 17.8. The fraction of sp³-hybridized carbons (Fsp3) is 0.440. The number of nitrogens with one attached hydrogen (secondary N) is 1.